The second kappa shape index (κ2) is 15.2. The van der Waals surface area contributed by atoms with Crippen molar-refractivity contribution in [2.24, 2.45) is 5.92 Å². The Labute approximate surface area is 261 Å². The molecule has 10 nitrogen and oxygen atoms in total. The van der Waals surface area contributed by atoms with Gasteiger partial charge in [-0.15, -0.1) is 0 Å². The van der Waals surface area contributed by atoms with Crippen LogP contribution in [0.1, 0.15) is 32.6 Å². The van der Waals surface area contributed by atoms with Crippen LogP contribution < -0.4 is 15.4 Å². The fraction of sp³-hybridized carbons (Fsp3) is 0.438. The van der Waals surface area contributed by atoms with Crippen molar-refractivity contribution in [3.63, 3.8) is 0 Å². The third-order valence-corrected chi connectivity index (χ3v) is 7.90. The average molecular weight is 625 g/mol. The van der Waals surface area contributed by atoms with E-state index in [9.17, 15) is 14.0 Å². The summed E-state index contributed by atoms with van der Waals surface area (Å²) in [6, 6.07) is 8.20. The quantitative estimate of drug-likeness (QED) is 0.180. The molecular weight excluding hydrogens is 587 g/mol. The number of nitrogens with zero attached hydrogens (tertiary/aromatic N) is 4. The van der Waals surface area contributed by atoms with E-state index < -0.39 is 5.82 Å². The van der Waals surface area contributed by atoms with E-state index in [0.717, 1.165) is 37.1 Å². The van der Waals surface area contributed by atoms with Gasteiger partial charge in [0.15, 0.2) is 0 Å². The highest BCUT2D eigenvalue weighted by atomic mass is 35.5. The van der Waals surface area contributed by atoms with Gasteiger partial charge in [0.05, 0.1) is 29.4 Å². The molecule has 0 bridgehead atoms. The first-order valence-electron chi connectivity index (χ1n) is 15.1. The Hall–Kier alpha value is -3.96. The normalized spacial score (nSPS) is 15.5. The Morgan fingerprint density at radius 3 is 2.70 bits per heavy atom. The summed E-state index contributed by atoms with van der Waals surface area (Å²) in [5.41, 5.74) is 2.04. The maximum atomic E-state index is 13.7. The van der Waals surface area contributed by atoms with E-state index in [4.69, 9.17) is 21.1 Å². The largest absolute Gasteiger partial charge is 0.491 e. The second-order valence-electron chi connectivity index (χ2n) is 11.0. The minimum Gasteiger partial charge on any atom is -0.491 e. The van der Waals surface area contributed by atoms with Crippen molar-refractivity contribution in [3.05, 3.63) is 59.7 Å². The van der Waals surface area contributed by atoms with E-state index >= 15 is 0 Å². The minimum atomic E-state index is -0.495. The van der Waals surface area contributed by atoms with Gasteiger partial charge in [0.1, 0.15) is 23.7 Å². The van der Waals surface area contributed by atoms with Crippen molar-refractivity contribution in [2.75, 3.05) is 63.1 Å². The highest BCUT2D eigenvalue weighted by molar-refractivity contribution is 6.31. The van der Waals surface area contributed by atoms with Crippen LogP contribution in [-0.4, -0.2) is 84.1 Å². The Morgan fingerprint density at radius 1 is 1.14 bits per heavy atom. The van der Waals surface area contributed by atoms with Gasteiger partial charge in [-0.05, 0) is 62.9 Å². The zero-order valence-corrected chi connectivity index (χ0v) is 25.6. The molecule has 1 saturated heterocycles. The maximum Gasteiger partial charge on any atom is 0.305 e. The van der Waals surface area contributed by atoms with Gasteiger partial charge in [0.25, 0.3) is 0 Å². The molecule has 2 heterocycles. The standard InChI is InChI=1S/C32H38ClFN6O4/c1-2-43-31(42)6-4-12-39-13-15-40(16-14-39)30(41)5-3-11-35-28-18-24-27(19-29(28)44-20-22-7-8-22)36-21-37-32(24)38-23-9-10-26(34)25(33)17-23/h3,5,9-10,17-19,21-22,35H,2,4,6-8,11-16,20H2,1H3,(H,36,37,38). The third kappa shape index (κ3) is 8.79. The third-order valence-electron chi connectivity index (χ3n) is 7.61. The highest BCUT2D eigenvalue weighted by Crippen LogP contribution is 2.36. The van der Waals surface area contributed by atoms with Crippen LogP contribution in [0.5, 0.6) is 5.75 Å². The van der Waals surface area contributed by atoms with Crippen LogP contribution >= 0.6 is 11.6 Å². The molecule has 1 aliphatic heterocycles. The van der Waals surface area contributed by atoms with Crippen LogP contribution in [0.25, 0.3) is 10.9 Å². The summed E-state index contributed by atoms with van der Waals surface area (Å²) in [4.78, 5) is 37.3. The topological polar surface area (TPSA) is 109 Å². The van der Waals surface area contributed by atoms with Crippen molar-refractivity contribution >= 4 is 51.6 Å². The molecule has 1 amide bonds. The molecule has 1 aliphatic carbocycles. The number of esters is 1. The van der Waals surface area contributed by atoms with Crippen LogP contribution in [-0.2, 0) is 14.3 Å². The van der Waals surface area contributed by atoms with Crippen LogP contribution in [0.4, 0.5) is 21.6 Å². The first-order valence-corrected chi connectivity index (χ1v) is 15.5. The Bertz CT molecular complexity index is 1490. The predicted molar refractivity (Wildman–Crippen MR) is 169 cm³/mol. The smallest absolute Gasteiger partial charge is 0.305 e. The monoisotopic (exact) mass is 624 g/mol. The lowest BCUT2D eigenvalue weighted by Gasteiger charge is -2.34. The molecule has 5 rings (SSSR count). The summed E-state index contributed by atoms with van der Waals surface area (Å²) in [5.74, 6) is 1.11. The van der Waals surface area contributed by atoms with E-state index in [0.29, 0.717) is 68.0 Å². The number of aromatic nitrogens is 2. The SMILES string of the molecule is CCOC(=O)CCCN1CCN(C(=O)C=CCNc2cc3c(Nc4ccc(F)c(Cl)c4)ncnc3cc2OCC2CC2)CC1. The molecular formula is C32H38ClFN6O4. The lowest BCUT2D eigenvalue weighted by molar-refractivity contribution is -0.143. The van der Waals surface area contributed by atoms with E-state index in [-0.39, 0.29) is 16.9 Å². The van der Waals surface area contributed by atoms with Crippen LogP contribution in [0.3, 0.4) is 0 Å². The summed E-state index contributed by atoms with van der Waals surface area (Å²) in [6.07, 6.45) is 8.38. The number of ether oxygens (including phenoxy) is 2. The van der Waals surface area contributed by atoms with Crippen LogP contribution in [0.15, 0.2) is 48.8 Å². The average Bonchev–Trinajstić information content (AvgIpc) is 3.85. The number of carbonyl (C=O) groups excluding carboxylic acids is 2. The van der Waals surface area contributed by atoms with Gasteiger partial charge in [-0.25, -0.2) is 14.4 Å². The number of benzene rings is 2. The lowest BCUT2D eigenvalue weighted by atomic mass is 10.1. The molecule has 0 unspecified atom stereocenters. The summed E-state index contributed by atoms with van der Waals surface area (Å²) in [5, 5.41) is 7.35. The molecule has 3 aromatic rings. The first-order chi connectivity index (χ1) is 21.4. The van der Waals surface area contributed by atoms with Gasteiger partial charge in [0, 0.05) is 62.4 Å². The van der Waals surface area contributed by atoms with Gasteiger partial charge in [0.2, 0.25) is 5.91 Å². The predicted octanol–water partition coefficient (Wildman–Crippen LogP) is 5.41. The van der Waals surface area contributed by atoms with Gasteiger partial charge >= 0.3 is 5.97 Å². The molecule has 12 heteroatoms. The number of hydrogen-bond donors (Lipinski definition) is 2. The number of amides is 1. The first kappa shape index (κ1) is 31.5. The van der Waals surface area contributed by atoms with Gasteiger partial charge in [-0.2, -0.15) is 0 Å². The summed E-state index contributed by atoms with van der Waals surface area (Å²) in [6.45, 7) is 6.93. The Balaban J connectivity index is 1.19. The van der Waals surface area contributed by atoms with E-state index in [1.807, 2.05) is 30.0 Å². The fourth-order valence-electron chi connectivity index (χ4n) is 4.95. The molecule has 234 valence electrons. The van der Waals surface area contributed by atoms with Crippen molar-refractivity contribution in [1.29, 1.82) is 0 Å². The fourth-order valence-corrected chi connectivity index (χ4v) is 5.13. The second-order valence-corrected chi connectivity index (χ2v) is 11.4. The van der Waals surface area contributed by atoms with E-state index in [1.54, 1.807) is 12.1 Å². The number of anilines is 3. The van der Waals surface area contributed by atoms with Crippen molar-refractivity contribution in [1.82, 2.24) is 19.8 Å². The highest BCUT2D eigenvalue weighted by Gasteiger charge is 2.23. The summed E-state index contributed by atoms with van der Waals surface area (Å²) < 4.78 is 24.8. The van der Waals surface area contributed by atoms with Crippen LogP contribution in [0.2, 0.25) is 5.02 Å². The number of hydrogen-bond acceptors (Lipinski definition) is 9. The molecule has 2 aromatic carbocycles. The summed E-state index contributed by atoms with van der Waals surface area (Å²) in [7, 11) is 0. The molecule has 1 aromatic heterocycles. The molecule has 44 heavy (non-hydrogen) atoms. The lowest BCUT2D eigenvalue weighted by Crippen LogP contribution is -2.48. The van der Waals surface area contributed by atoms with Gasteiger partial charge in [-0.3, -0.25) is 14.5 Å². The number of halogens is 2. The number of piperazine rings is 1. The van der Waals surface area contributed by atoms with Gasteiger partial charge in [-0.1, -0.05) is 17.7 Å². The summed E-state index contributed by atoms with van der Waals surface area (Å²) >= 11 is 5.97. The number of rotatable bonds is 14. The molecule has 1 saturated carbocycles. The molecule has 2 N–H and O–H groups in total. The van der Waals surface area contributed by atoms with Crippen molar-refractivity contribution in [3.8, 4) is 5.75 Å². The molecule has 2 fully saturated rings. The zero-order chi connectivity index (χ0) is 30.9. The Kier molecular flexibility index (Phi) is 10.8. The van der Waals surface area contributed by atoms with E-state index in [1.165, 1.54) is 31.3 Å². The van der Waals surface area contributed by atoms with Crippen molar-refractivity contribution in [2.45, 2.75) is 32.6 Å². The van der Waals surface area contributed by atoms with Crippen molar-refractivity contribution < 1.29 is 23.5 Å². The van der Waals surface area contributed by atoms with E-state index in [2.05, 4.69) is 25.5 Å². The Morgan fingerprint density at radius 2 is 1.95 bits per heavy atom. The molecule has 0 spiro atoms. The maximum absolute atomic E-state index is 13.7. The zero-order valence-electron chi connectivity index (χ0n) is 24.9. The minimum absolute atomic E-state index is 0.0146. The van der Waals surface area contributed by atoms with Crippen LogP contribution in [0, 0.1) is 11.7 Å². The number of fused-ring (bicyclic) bond motifs is 1. The molecule has 2 aliphatic rings. The van der Waals surface area contributed by atoms with Gasteiger partial charge < -0.3 is 25.0 Å². The molecule has 0 radical (unpaired) electrons. The number of carbonyl (C=O) groups is 2. The number of nitrogens with one attached hydrogen (secondary N) is 2. The molecule has 0 atom stereocenters.